The Kier molecular flexibility index (Phi) is 4.46. The number of benzene rings is 1. The van der Waals surface area contributed by atoms with E-state index >= 15 is 0 Å². The highest BCUT2D eigenvalue weighted by atomic mass is 32.2. The molecule has 0 unspecified atom stereocenters. The van der Waals surface area contributed by atoms with E-state index in [1.807, 2.05) is 18.2 Å². The van der Waals surface area contributed by atoms with E-state index in [1.165, 1.54) is 0 Å². The molecule has 0 aliphatic carbocycles. The van der Waals surface area contributed by atoms with Gasteiger partial charge in [0.25, 0.3) is 10.1 Å². The number of carboxylic acids is 1. The minimum Gasteiger partial charge on any atom is -0.478 e. The lowest BCUT2D eigenvalue weighted by atomic mass is 10.0. The maximum atomic E-state index is 10.8. The lowest BCUT2D eigenvalue weighted by molar-refractivity contribution is -0.130. The Labute approximate surface area is 105 Å². The van der Waals surface area contributed by atoms with Crippen LogP contribution in [0.25, 0.3) is 5.57 Å². The standard InChI is InChI=1S/C10H9NO2.CH4O3S/c12-10(13)8-5-6-11-9-4-2-1-3-7(8)9;1-5(2,3)4/h1-5,11H,6H2,(H,12,13);1H3,(H,2,3,4). The van der Waals surface area contributed by atoms with Crippen LogP contribution in [0, 0.1) is 0 Å². The van der Waals surface area contributed by atoms with E-state index in [9.17, 15) is 13.2 Å². The Morgan fingerprint density at radius 2 is 1.89 bits per heavy atom. The van der Waals surface area contributed by atoms with Gasteiger partial charge < -0.3 is 10.4 Å². The summed E-state index contributed by atoms with van der Waals surface area (Å²) in [5.41, 5.74) is 2.04. The molecule has 0 radical (unpaired) electrons. The Morgan fingerprint density at radius 1 is 1.33 bits per heavy atom. The summed E-state index contributed by atoms with van der Waals surface area (Å²) in [6, 6.07) is 7.41. The number of hydrogen-bond acceptors (Lipinski definition) is 4. The quantitative estimate of drug-likeness (QED) is 0.660. The molecule has 0 saturated carbocycles. The van der Waals surface area contributed by atoms with Crippen LogP contribution in [0.3, 0.4) is 0 Å². The summed E-state index contributed by atoms with van der Waals surface area (Å²) in [6.45, 7) is 0.582. The van der Waals surface area contributed by atoms with Gasteiger partial charge in [-0.15, -0.1) is 0 Å². The van der Waals surface area contributed by atoms with Gasteiger partial charge in [-0.25, -0.2) is 4.79 Å². The molecule has 2 rings (SSSR count). The van der Waals surface area contributed by atoms with Crippen molar-refractivity contribution < 1.29 is 22.9 Å². The summed E-state index contributed by atoms with van der Waals surface area (Å²) in [6.07, 6.45) is 2.40. The van der Waals surface area contributed by atoms with Crippen molar-refractivity contribution in [1.29, 1.82) is 0 Å². The summed E-state index contributed by atoms with van der Waals surface area (Å²) in [5.74, 6) is -0.867. The molecule has 1 aromatic carbocycles. The molecule has 0 bridgehead atoms. The van der Waals surface area contributed by atoms with Gasteiger partial charge in [0.2, 0.25) is 0 Å². The molecule has 0 saturated heterocycles. The zero-order chi connectivity index (χ0) is 13.8. The topological polar surface area (TPSA) is 104 Å². The zero-order valence-electron chi connectivity index (χ0n) is 9.62. The highest BCUT2D eigenvalue weighted by Crippen LogP contribution is 2.26. The van der Waals surface area contributed by atoms with Gasteiger partial charge in [0, 0.05) is 17.8 Å². The van der Waals surface area contributed by atoms with Gasteiger partial charge in [-0.2, -0.15) is 8.42 Å². The predicted molar refractivity (Wildman–Crippen MR) is 68.0 cm³/mol. The third-order valence-electron chi connectivity index (χ3n) is 2.05. The fraction of sp³-hybridized carbons (Fsp3) is 0.182. The molecule has 7 heteroatoms. The first-order valence-corrected chi connectivity index (χ1v) is 6.83. The van der Waals surface area contributed by atoms with Crippen LogP contribution >= 0.6 is 0 Å². The Hall–Kier alpha value is -1.86. The second-order valence-corrected chi connectivity index (χ2v) is 5.05. The first-order chi connectivity index (χ1) is 8.29. The Bertz CT molecular complexity index is 569. The van der Waals surface area contributed by atoms with Gasteiger partial charge in [-0.05, 0) is 6.07 Å². The van der Waals surface area contributed by atoms with E-state index in [-0.39, 0.29) is 0 Å². The maximum Gasteiger partial charge on any atom is 0.336 e. The molecule has 1 aliphatic rings. The lowest BCUT2D eigenvalue weighted by Crippen LogP contribution is -2.12. The van der Waals surface area contributed by atoms with Crippen molar-refractivity contribution in [2.45, 2.75) is 0 Å². The fourth-order valence-corrected chi connectivity index (χ4v) is 1.45. The Balaban J connectivity index is 0.000000280. The molecule has 6 nitrogen and oxygen atoms in total. The van der Waals surface area contributed by atoms with Gasteiger partial charge in [0.15, 0.2) is 0 Å². The number of para-hydroxylation sites is 1. The first kappa shape index (κ1) is 14.2. The number of nitrogens with one attached hydrogen (secondary N) is 1. The fourth-order valence-electron chi connectivity index (χ4n) is 1.45. The number of rotatable bonds is 1. The summed E-state index contributed by atoms with van der Waals surface area (Å²) in [7, 11) is -3.67. The SMILES string of the molecule is CS(=O)(=O)O.O=C(O)C1=CCNc2ccccc21. The van der Waals surface area contributed by atoms with Crippen LogP contribution in [0.15, 0.2) is 30.3 Å². The van der Waals surface area contributed by atoms with E-state index in [0.29, 0.717) is 18.4 Å². The molecule has 0 fully saturated rings. The molecule has 1 heterocycles. The van der Waals surface area contributed by atoms with Crippen LogP contribution in [0.2, 0.25) is 0 Å². The van der Waals surface area contributed by atoms with Crippen molar-refractivity contribution in [1.82, 2.24) is 0 Å². The summed E-state index contributed by atoms with van der Waals surface area (Å²) in [4.78, 5) is 10.8. The average molecular weight is 271 g/mol. The predicted octanol–water partition coefficient (Wildman–Crippen LogP) is 1.08. The van der Waals surface area contributed by atoms with Crippen molar-refractivity contribution in [3.63, 3.8) is 0 Å². The number of carboxylic acid groups (broad SMARTS) is 1. The monoisotopic (exact) mass is 271 g/mol. The van der Waals surface area contributed by atoms with Crippen LogP contribution in [-0.4, -0.2) is 36.8 Å². The molecule has 1 aliphatic heterocycles. The molecule has 1 aromatic rings. The van der Waals surface area contributed by atoms with Crippen LogP contribution in [-0.2, 0) is 14.9 Å². The second kappa shape index (κ2) is 5.65. The van der Waals surface area contributed by atoms with Crippen molar-refractivity contribution in [3.05, 3.63) is 35.9 Å². The largest absolute Gasteiger partial charge is 0.478 e. The van der Waals surface area contributed by atoms with E-state index in [4.69, 9.17) is 9.66 Å². The van der Waals surface area contributed by atoms with Gasteiger partial charge in [-0.1, -0.05) is 24.3 Å². The normalized spacial score (nSPS) is 13.3. The van der Waals surface area contributed by atoms with E-state index in [0.717, 1.165) is 11.3 Å². The molecule has 18 heavy (non-hydrogen) atoms. The number of fused-ring (bicyclic) bond motifs is 1. The molecule has 0 amide bonds. The van der Waals surface area contributed by atoms with Crippen molar-refractivity contribution in [2.75, 3.05) is 18.1 Å². The molecule has 98 valence electrons. The highest BCUT2D eigenvalue weighted by Gasteiger charge is 2.16. The molecular formula is C11H13NO5S. The van der Waals surface area contributed by atoms with Crippen LogP contribution in [0.5, 0.6) is 0 Å². The minimum atomic E-state index is -3.67. The lowest BCUT2D eigenvalue weighted by Gasteiger charge is -2.16. The van der Waals surface area contributed by atoms with Gasteiger partial charge in [0.05, 0.1) is 11.8 Å². The second-order valence-electron chi connectivity index (χ2n) is 3.58. The van der Waals surface area contributed by atoms with E-state index < -0.39 is 16.1 Å². The van der Waals surface area contributed by atoms with Crippen molar-refractivity contribution in [2.24, 2.45) is 0 Å². The highest BCUT2D eigenvalue weighted by molar-refractivity contribution is 7.85. The molecule has 3 N–H and O–H groups in total. The average Bonchev–Trinajstić information content (AvgIpc) is 2.26. The summed E-state index contributed by atoms with van der Waals surface area (Å²) >= 11 is 0. The van der Waals surface area contributed by atoms with Gasteiger partial charge in [0.1, 0.15) is 0 Å². The summed E-state index contributed by atoms with van der Waals surface area (Å²) < 4.78 is 25.9. The maximum absolute atomic E-state index is 10.8. The van der Waals surface area contributed by atoms with Crippen LogP contribution in [0.1, 0.15) is 5.56 Å². The number of aliphatic carboxylic acids is 1. The number of hydrogen-bond donors (Lipinski definition) is 3. The third-order valence-corrected chi connectivity index (χ3v) is 2.05. The van der Waals surface area contributed by atoms with E-state index in [2.05, 4.69) is 5.32 Å². The minimum absolute atomic E-state index is 0.384. The third kappa shape index (κ3) is 4.56. The van der Waals surface area contributed by atoms with Crippen molar-refractivity contribution in [3.8, 4) is 0 Å². The smallest absolute Gasteiger partial charge is 0.336 e. The van der Waals surface area contributed by atoms with Gasteiger partial charge in [-0.3, -0.25) is 4.55 Å². The van der Waals surface area contributed by atoms with Crippen LogP contribution in [0.4, 0.5) is 5.69 Å². The molecule has 0 aromatic heterocycles. The van der Waals surface area contributed by atoms with Gasteiger partial charge >= 0.3 is 5.97 Å². The molecule has 0 spiro atoms. The van der Waals surface area contributed by atoms with Crippen LogP contribution < -0.4 is 5.32 Å². The zero-order valence-corrected chi connectivity index (χ0v) is 10.4. The first-order valence-electron chi connectivity index (χ1n) is 4.98. The van der Waals surface area contributed by atoms with Crippen molar-refractivity contribution >= 4 is 27.3 Å². The van der Waals surface area contributed by atoms with E-state index in [1.54, 1.807) is 12.1 Å². The number of carbonyl (C=O) groups is 1. The Morgan fingerprint density at radius 3 is 2.44 bits per heavy atom. The molecule has 0 atom stereocenters. The molecular weight excluding hydrogens is 258 g/mol. The number of anilines is 1. The summed E-state index contributed by atoms with van der Waals surface area (Å²) in [5, 5.41) is 12.0.